The van der Waals surface area contributed by atoms with Gasteiger partial charge in [-0.15, -0.1) is 0 Å². The van der Waals surface area contributed by atoms with Crippen molar-refractivity contribution in [1.82, 2.24) is 0 Å². The van der Waals surface area contributed by atoms with Crippen molar-refractivity contribution in [3.05, 3.63) is 28.2 Å². The Labute approximate surface area is 125 Å². The summed E-state index contributed by atoms with van der Waals surface area (Å²) in [5, 5.41) is 0. The molecule has 1 atom stereocenters. The lowest BCUT2D eigenvalue weighted by Gasteiger charge is -2.28. The van der Waals surface area contributed by atoms with Crippen LogP contribution < -0.4 is 10.6 Å². The zero-order valence-electron chi connectivity index (χ0n) is 12.2. The summed E-state index contributed by atoms with van der Waals surface area (Å²) in [6, 6.07) is 6.57. The lowest BCUT2D eigenvalue weighted by Crippen LogP contribution is -2.26. The molecule has 0 spiro atoms. The smallest absolute Gasteiger partial charge is 0.0410 e. The molecule has 0 aliphatic carbocycles. The Bertz CT molecular complexity index is 437. The zero-order valence-corrected chi connectivity index (χ0v) is 13.8. The fraction of sp³-hybridized carbons (Fsp3) is 0.625. The van der Waals surface area contributed by atoms with E-state index >= 15 is 0 Å². The van der Waals surface area contributed by atoms with E-state index in [1.54, 1.807) is 0 Å². The van der Waals surface area contributed by atoms with E-state index in [0.29, 0.717) is 12.0 Å². The van der Waals surface area contributed by atoms with Crippen molar-refractivity contribution in [2.75, 3.05) is 24.5 Å². The van der Waals surface area contributed by atoms with Crippen molar-refractivity contribution in [3.63, 3.8) is 0 Å². The molecule has 1 fully saturated rings. The number of hydrogen-bond acceptors (Lipinski definition) is 2. The number of halogens is 1. The second kappa shape index (κ2) is 5.84. The summed E-state index contributed by atoms with van der Waals surface area (Å²) in [5.74, 6) is 0.775. The van der Waals surface area contributed by atoms with Gasteiger partial charge in [0.1, 0.15) is 0 Å². The number of anilines is 1. The van der Waals surface area contributed by atoms with Gasteiger partial charge in [-0.2, -0.15) is 0 Å². The van der Waals surface area contributed by atoms with Gasteiger partial charge in [0.05, 0.1) is 0 Å². The Morgan fingerprint density at radius 3 is 2.68 bits per heavy atom. The highest BCUT2D eigenvalue weighted by Gasteiger charge is 2.32. The van der Waals surface area contributed by atoms with E-state index in [1.807, 2.05) is 0 Å². The summed E-state index contributed by atoms with van der Waals surface area (Å²) >= 11 is 3.59. The zero-order chi connectivity index (χ0) is 14.0. The van der Waals surface area contributed by atoms with E-state index in [-0.39, 0.29) is 0 Å². The van der Waals surface area contributed by atoms with Gasteiger partial charge in [-0.05, 0) is 48.4 Å². The molecule has 1 unspecified atom stereocenters. The van der Waals surface area contributed by atoms with Gasteiger partial charge in [-0.1, -0.05) is 42.8 Å². The van der Waals surface area contributed by atoms with Gasteiger partial charge in [0, 0.05) is 23.2 Å². The largest absolute Gasteiger partial charge is 0.371 e. The molecule has 106 valence electrons. The summed E-state index contributed by atoms with van der Waals surface area (Å²) in [6.45, 7) is 10.1. The Morgan fingerprint density at radius 1 is 1.37 bits per heavy atom. The van der Waals surface area contributed by atoms with Crippen LogP contribution in [0.25, 0.3) is 0 Å². The van der Waals surface area contributed by atoms with E-state index in [4.69, 9.17) is 5.73 Å². The maximum atomic E-state index is 5.73. The van der Waals surface area contributed by atoms with Crippen LogP contribution in [0.1, 0.15) is 32.8 Å². The van der Waals surface area contributed by atoms with Crippen LogP contribution >= 0.6 is 15.9 Å². The van der Waals surface area contributed by atoms with Gasteiger partial charge in [-0.25, -0.2) is 0 Å². The molecular formula is C16H25BrN2. The highest BCUT2D eigenvalue weighted by Crippen LogP contribution is 2.37. The Morgan fingerprint density at radius 2 is 2.11 bits per heavy atom. The fourth-order valence-electron chi connectivity index (χ4n) is 2.88. The highest BCUT2D eigenvalue weighted by molar-refractivity contribution is 9.10. The number of hydrogen-bond donors (Lipinski definition) is 1. The quantitative estimate of drug-likeness (QED) is 0.915. The molecule has 0 amide bonds. The monoisotopic (exact) mass is 324 g/mol. The van der Waals surface area contributed by atoms with Crippen LogP contribution in [0, 0.1) is 11.3 Å². The van der Waals surface area contributed by atoms with Crippen LogP contribution in [-0.2, 0) is 6.42 Å². The maximum absolute atomic E-state index is 5.73. The Balaban J connectivity index is 2.21. The average molecular weight is 325 g/mol. The second-order valence-electron chi connectivity index (χ2n) is 6.61. The van der Waals surface area contributed by atoms with E-state index in [2.05, 4.69) is 59.8 Å². The SMILES string of the molecule is CC(C)(C)C1CCN(c2cc(Br)ccc2CCN)C1. The second-order valence-corrected chi connectivity index (χ2v) is 7.53. The van der Waals surface area contributed by atoms with Crippen LogP contribution in [-0.4, -0.2) is 19.6 Å². The number of rotatable bonds is 3. The molecule has 1 aliphatic heterocycles. The van der Waals surface area contributed by atoms with Crippen molar-refractivity contribution in [1.29, 1.82) is 0 Å². The van der Waals surface area contributed by atoms with Crippen LogP contribution in [0.4, 0.5) is 5.69 Å². The first-order chi connectivity index (χ1) is 8.91. The van der Waals surface area contributed by atoms with Crippen molar-refractivity contribution in [2.24, 2.45) is 17.1 Å². The molecule has 1 saturated heterocycles. The molecule has 1 aromatic carbocycles. The molecule has 2 N–H and O–H groups in total. The van der Waals surface area contributed by atoms with E-state index in [1.165, 1.54) is 17.7 Å². The summed E-state index contributed by atoms with van der Waals surface area (Å²) < 4.78 is 1.16. The van der Waals surface area contributed by atoms with E-state index in [9.17, 15) is 0 Å². The summed E-state index contributed by atoms with van der Waals surface area (Å²) in [7, 11) is 0. The van der Waals surface area contributed by atoms with Crippen LogP contribution in [0.5, 0.6) is 0 Å². The van der Waals surface area contributed by atoms with Crippen molar-refractivity contribution < 1.29 is 0 Å². The maximum Gasteiger partial charge on any atom is 0.0410 e. The van der Waals surface area contributed by atoms with Gasteiger partial charge in [-0.3, -0.25) is 0 Å². The van der Waals surface area contributed by atoms with Crippen LogP contribution in [0.2, 0.25) is 0 Å². The standard InChI is InChI=1S/C16H25BrN2/c1-16(2,3)13-7-9-19(11-13)15-10-14(17)5-4-12(15)6-8-18/h4-5,10,13H,6-9,11,18H2,1-3H3. The lowest BCUT2D eigenvalue weighted by molar-refractivity contribution is 0.263. The van der Waals surface area contributed by atoms with Gasteiger partial charge in [0.25, 0.3) is 0 Å². The predicted molar refractivity (Wildman–Crippen MR) is 86.7 cm³/mol. The number of benzene rings is 1. The molecule has 0 saturated carbocycles. The molecule has 1 heterocycles. The molecule has 0 radical (unpaired) electrons. The molecule has 1 aliphatic rings. The minimum Gasteiger partial charge on any atom is -0.371 e. The summed E-state index contributed by atoms with van der Waals surface area (Å²) in [5.41, 5.74) is 8.87. The first-order valence-electron chi connectivity index (χ1n) is 7.15. The van der Waals surface area contributed by atoms with Crippen molar-refractivity contribution in [3.8, 4) is 0 Å². The van der Waals surface area contributed by atoms with Crippen molar-refractivity contribution >= 4 is 21.6 Å². The third-order valence-corrected chi connectivity index (χ3v) is 4.71. The molecule has 2 nitrogen and oxygen atoms in total. The summed E-state index contributed by atoms with van der Waals surface area (Å²) in [4.78, 5) is 2.53. The number of nitrogens with zero attached hydrogens (tertiary/aromatic N) is 1. The van der Waals surface area contributed by atoms with Gasteiger partial charge < -0.3 is 10.6 Å². The molecule has 1 aromatic rings. The van der Waals surface area contributed by atoms with E-state index < -0.39 is 0 Å². The first-order valence-corrected chi connectivity index (χ1v) is 7.94. The third-order valence-electron chi connectivity index (χ3n) is 4.21. The van der Waals surface area contributed by atoms with Crippen molar-refractivity contribution in [2.45, 2.75) is 33.6 Å². The molecule has 0 bridgehead atoms. The Hall–Kier alpha value is -0.540. The minimum absolute atomic E-state index is 0.398. The van der Waals surface area contributed by atoms with E-state index in [0.717, 1.165) is 29.9 Å². The lowest BCUT2D eigenvalue weighted by atomic mass is 9.80. The topological polar surface area (TPSA) is 29.3 Å². The predicted octanol–water partition coefficient (Wildman–Crippen LogP) is 3.82. The van der Waals surface area contributed by atoms with Crippen LogP contribution in [0.3, 0.4) is 0 Å². The average Bonchev–Trinajstić information content (AvgIpc) is 2.80. The van der Waals surface area contributed by atoms with Gasteiger partial charge >= 0.3 is 0 Å². The molecular weight excluding hydrogens is 300 g/mol. The van der Waals surface area contributed by atoms with Gasteiger partial charge in [0.15, 0.2) is 0 Å². The Kier molecular flexibility index (Phi) is 4.57. The molecule has 0 aromatic heterocycles. The normalized spacial score (nSPS) is 20.1. The third kappa shape index (κ3) is 3.51. The molecule has 3 heteroatoms. The molecule has 2 rings (SSSR count). The number of nitrogens with two attached hydrogens (primary N) is 1. The first kappa shape index (κ1) is 14.9. The minimum atomic E-state index is 0.398. The fourth-order valence-corrected chi connectivity index (χ4v) is 3.23. The van der Waals surface area contributed by atoms with Crippen LogP contribution in [0.15, 0.2) is 22.7 Å². The molecule has 19 heavy (non-hydrogen) atoms. The summed E-state index contributed by atoms with van der Waals surface area (Å²) in [6.07, 6.45) is 2.25. The highest BCUT2D eigenvalue weighted by atomic mass is 79.9. The van der Waals surface area contributed by atoms with Gasteiger partial charge in [0.2, 0.25) is 0 Å².